The minimum Gasteiger partial charge on any atom is -0.354 e. The molecule has 0 aromatic carbocycles. The van der Waals surface area contributed by atoms with Gasteiger partial charge >= 0.3 is 0 Å². The molecule has 0 spiro atoms. The van der Waals surface area contributed by atoms with Crippen LogP contribution in [0.5, 0.6) is 0 Å². The van der Waals surface area contributed by atoms with Gasteiger partial charge in [-0.3, -0.25) is 0 Å². The molecule has 3 nitrogen and oxygen atoms in total. The van der Waals surface area contributed by atoms with Crippen molar-refractivity contribution >= 4 is 0 Å². The van der Waals surface area contributed by atoms with Gasteiger partial charge in [-0.25, -0.2) is 4.98 Å². The van der Waals surface area contributed by atoms with Gasteiger partial charge in [0.05, 0.1) is 6.33 Å². The summed E-state index contributed by atoms with van der Waals surface area (Å²) in [5.74, 6) is 0. The van der Waals surface area contributed by atoms with E-state index < -0.39 is 0 Å². The van der Waals surface area contributed by atoms with E-state index in [0.717, 1.165) is 0 Å². The summed E-state index contributed by atoms with van der Waals surface area (Å²) in [5, 5.41) is 0. The molecule has 0 radical (unpaired) electrons. The number of imidazole rings is 1. The van der Waals surface area contributed by atoms with Crippen LogP contribution in [-0.4, -0.2) is 14.1 Å². The highest BCUT2D eigenvalue weighted by Crippen LogP contribution is 1.94. The average Bonchev–Trinajstić information content (AvgIpc) is 2.88. The third-order valence-electron chi connectivity index (χ3n) is 2.07. The summed E-state index contributed by atoms with van der Waals surface area (Å²) in [5.41, 5.74) is 0. The molecule has 2 aromatic rings. The fourth-order valence-electron chi connectivity index (χ4n) is 1.19. The largest absolute Gasteiger partial charge is 0.354 e. The Bertz CT molecular complexity index is 322. The number of aromatic nitrogens is 3. The summed E-state index contributed by atoms with van der Waals surface area (Å²) in [7, 11) is 1.94. The summed E-state index contributed by atoms with van der Waals surface area (Å²) in [6.45, 7) is 3.38. The van der Waals surface area contributed by atoms with Crippen molar-refractivity contribution in [2.24, 2.45) is 7.05 Å². The molecule has 2 heterocycles. The van der Waals surface area contributed by atoms with Gasteiger partial charge in [-0.2, -0.15) is 0 Å². The van der Waals surface area contributed by atoms with Crippen LogP contribution in [0.25, 0.3) is 0 Å². The van der Waals surface area contributed by atoms with E-state index in [9.17, 15) is 0 Å². The molecule has 0 saturated heterocycles. The summed E-state index contributed by atoms with van der Waals surface area (Å²) < 4.78 is 4.10. The number of hydrogen-bond donors (Lipinski definition) is 0. The van der Waals surface area contributed by atoms with Gasteiger partial charge in [-0.05, 0) is 18.6 Å². The lowest BCUT2D eigenvalue weighted by atomic mass is 10.3. The Morgan fingerprint density at radius 2 is 1.87 bits per heavy atom. The topological polar surface area (TPSA) is 22.8 Å². The van der Waals surface area contributed by atoms with Gasteiger partial charge in [0.15, 0.2) is 0 Å². The van der Waals surface area contributed by atoms with E-state index in [1.807, 2.05) is 17.8 Å². The molecule has 0 saturated carbocycles. The van der Waals surface area contributed by atoms with Crippen molar-refractivity contribution in [3.63, 3.8) is 0 Å². The maximum absolute atomic E-state index is 3.78. The first-order valence-corrected chi connectivity index (χ1v) is 5.35. The van der Waals surface area contributed by atoms with Gasteiger partial charge in [0, 0.05) is 38.4 Å². The van der Waals surface area contributed by atoms with E-state index in [1.165, 1.54) is 19.4 Å². The summed E-state index contributed by atoms with van der Waals surface area (Å²) in [4.78, 5) is 3.78. The Morgan fingerprint density at radius 1 is 1.13 bits per heavy atom. The Labute approximate surface area is 91.4 Å². The molecule has 0 bridgehead atoms. The van der Waals surface area contributed by atoms with Crippen molar-refractivity contribution < 1.29 is 0 Å². The maximum Gasteiger partial charge on any atom is 0.0943 e. The van der Waals surface area contributed by atoms with Crippen LogP contribution in [0.1, 0.15) is 19.8 Å². The van der Waals surface area contributed by atoms with E-state index >= 15 is 0 Å². The van der Waals surface area contributed by atoms with Gasteiger partial charge in [-0.1, -0.05) is 13.3 Å². The quantitative estimate of drug-likeness (QED) is 0.755. The Balaban J connectivity index is 0.000000162. The molecule has 15 heavy (non-hydrogen) atoms. The van der Waals surface area contributed by atoms with E-state index in [-0.39, 0.29) is 0 Å². The van der Waals surface area contributed by atoms with Crippen molar-refractivity contribution in [3.05, 3.63) is 43.2 Å². The summed E-state index contributed by atoms with van der Waals surface area (Å²) in [6, 6.07) is 4.13. The standard InChI is InChI=1S/C8H13N.C4H6N2/c1-2-3-6-9-7-4-5-8-9;1-6-3-2-5-4-6/h4-5,7-8H,2-3,6H2,1H3;2-4H,1H3. The van der Waals surface area contributed by atoms with Crippen molar-refractivity contribution in [3.8, 4) is 0 Å². The number of nitrogens with zero attached hydrogens (tertiary/aromatic N) is 3. The van der Waals surface area contributed by atoms with E-state index in [1.54, 1.807) is 12.5 Å². The van der Waals surface area contributed by atoms with E-state index in [4.69, 9.17) is 0 Å². The van der Waals surface area contributed by atoms with Crippen LogP contribution in [0.3, 0.4) is 0 Å². The normalized spacial score (nSPS) is 9.47. The summed E-state index contributed by atoms with van der Waals surface area (Å²) in [6.07, 6.45) is 12.2. The highest BCUT2D eigenvalue weighted by atomic mass is 15.0. The molecule has 0 atom stereocenters. The Kier molecular flexibility index (Phi) is 5.30. The van der Waals surface area contributed by atoms with Crippen molar-refractivity contribution in [1.82, 2.24) is 14.1 Å². The van der Waals surface area contributed by atoms with Crippen LogP contribution in [0.4, 0.5) is 0 Å². The first kappa shape index (κ1) is 11.6. The zero-order valence-corrected chi connectivity index (χ0v) is 9.50. The molecular formula is C12H19N3. The fraction of sp³-hybridized carbons (Fsp3) is 0.417. The van der Waals surface area contributed by atoms with Crippen molar-refractivity contribution in [2.45, 2.75) is 26.3 Å². The van der Waals surface area contributed by atoms with Crippen LogP contribution in [0.15, 0.2) is 43.2 Å². The van der Waals surface area contributed by atoms with Gasteiger partial charge in [-0.15, -0.1) is 0 Å². The Hall–Kier alpha value is -1.51. The highest BCUT2D eigenvalue weighted by Gasteiger charge is 1.84. The SMILES string of the molecule is CCCCn1cccc1.Cn1ccnc1. The van der Waals surface area contributed by atoms with Gasteiger partial charge in [0.25, 0.3) is 0 Å². The lowest BCUT2D eigenvalue weighted by Crippen LogP contribution is -1.91. The second kappa shape index (κ2) is 6.87. The number of hydrogen-bond acceptors (Lipinski definition) is 1. The minimum absolute atomic E-state index is 1.17. The second-order valence-electron chi connectivity index (χ2n) is 3.50. The first-order valence-electron chi connectivity index (χ1n) is 5.35. The molecule has 0 aliphatic heterocycles. The van der Waals surface area contributed by atoms with Crippen LogP contribution >= 0.6 is 0 Å². The molecule has 82 valence electrons. The third-order valence-corrected chi connectivity index (χ3v) is 2.07. The minimum atomic E-state index is 1.17. The average molecular weight is 205 g/mol. The van der Waals surface area contributed by atoms with Crippen LogP contribution in [-0.2, 0) is 13.6 Å². The predicted molar refractivity (Wildman–Crippen MR) is 62.5 cm³/mol. The molecule has 3 heteroatoms. The molecule has 0 unspecified atom stereocenters. The molecule has 0 aliphatic carbocycles. The second-order valence-corrected chi connectivity index (χ2v) is 3.50. The van der Waals surface area contributed by atoms with Gasteiger partial charge in [0.2, 0.25) is 0 Å². The van der Waals surface area contributed by atoms with Crippen LogP contribution in [0, 0.1) is 0 Å². The van der Waals surface area contributed by atoms with Gasteiger partial charge in [0.1, 0.15) is 0 Å². The monoisotopic (exact) mass is 205 g/mol. The third kappa shape index (κ3) is 5.05. The van der Waals surface area contributed by atoms with Crippen LogP contribution < -0.4 is 0 Å². The molecular weight excluding hydrogens is 186 g/mol. The molecule has 0 fully saturated rings. The predicted octanol–water partition coefficient (Wildman–Crippen LogP) is 2.71. The lowest BCUT2D eigenvalue weighted by Gasteiger charge is -1.97. The first-order chi connectivity index (χ1) is 7.33. The Morgan fingerprint density at radius 3 is 2.27 bits per heavy atom. The highest BCUT2D eigenvalue weighted by molar-refractivity contribution is 4.89. The van der Waals surface area contributed by atoms with Crippen molar-refractivity contribution in [2.75, 3.05) is 0 Å². The molecule has 0 N–H and O–H groups in total. The smallest absolute Gasteiger partial charge is 0.0943 e. The number of rotatable bonds is 3. The zero-order chi connectivity index (χ0) is 10.9. The molecule has 0 amide bonds. The number of unbranched alkanes of at least 4 members (excludes halogenated alkanes) is 1. The molecule has 2 aromatic heterocycles. The number of aryl methyl sites for hydroxylation is 2. The lowest BCUT2D eigenvalue weighted by molar-refractivity contribution is 0.635. The van der Waals surface area contributed by atoms with Gasteiger partial charge < -0.3 is 9.13 Å². The van der Waals surface area contributed by atoms with Crippen molar-refractivity contribution in [1.29, 1.82) is 0 Å². The maximum atomic E-state index is 3.78. The van der Waals surface area contributed by atoms with E-state index in [2.05, 4.69) is 41.0 Å². The van der Waals surface area contributed by atoms with E-state index in [0.29, 0.717) is 0 Å². The zero-order valence-electron chi connectivity index (χ0n) is 9.50. The molecule has 0 aliphatic rings. The summed E-state index contributed by atoms with van der Waals surface area (Å²) >= 11 is 0. The fourth-order valence-corrected chi connectivity index (χ4v) is 1.19. The van der Waals surface area contributed by atoms with Crippen LogP contribution in [0.2, 0.25) is 0 Å². The molecule has 2 rings (SSSR count).